The van der Waals surface area contributed by atoms with Crippen molar-refractivity contribution in [2.24, 2.45) is 0 Å². The first-order valence-electron chi connectivity index (χ1n) is 6.41. The molecule has 1 aromatic carbocycles. The fourth-order valence-corrected chi connectivity index (χ4v) is 2.45. The molecule has 0 aliphatic carbocycles. The van der Waals surface area contributed by atoms with E-state index < -0.39 is 0 Å². The van der Waals surface area contributed by atoms with Gasteiger partial charge in [0.05, 0.1) is 5.56 Å². The summed E-state index contributed by atoms with van der Waals surface area (Å²) in [5.41, 5.74) is 1.77. The van der Waals surface area contributed by atoms with Crippen LogP contribution in [0.5, 0.6) is 0 Å². The zero-order valence-electron chi connectivity index (χ0n) is 11.4. The van der Waals surface area contributed by atoms with E-state index in [9.17, 15) is 4.79 Å². The fraction of sp³-hybridized carbons (Fsp3) is 0.400. The highest BCUT2D eigenvalue weighted by Crippen LogP contribution is 2.21. The molecule has 0 aliphatic heterocycles. The lowest BCUT2D eigenvalue weighted by atomic mass is 10.1. The summed E-state index contributed by atoms with van der Waals surface area (Å²) in [5, 5.41) is 0.994. The Morgan fingerprint density at radius 2 is 1.72 bits per heavy atom. The van der Waals surface area contributed by atoms with Crippen LogP contribution in [-0.4, -0.2) is 27.9 Å². The topological polar surface area (TPSA) is 36.1 Å². The summed E-state index contributed by atoms with van der Waals surface area (Å²) in [4.78, 5) is 17.7. The minimum absolute atomic E-state index is 0.0949. The van der Waals surface area contributed by atoms with E-state index in [4.69, 9.17) is 0 Å². The van der Waals surface area contributed by atoms with Crippen LogP contribution < -0.4 is 0 Å². The molecular formula is C15H20N2O. The lowest BCUT2D eigenvalue weighted by Gasteiger charge is -2.30. The lowest BCUT2D eigenvalue weighted by molar-refractivity contribution is 0.0646. The maximum absolute atomic E-state index is 12.6. The van der Waals surface area contributed by atoms with E-state index in [0.29, 0.717) is 0 Å². The summed E-state index contributed by atoms with van der Waals surface area (Å²) in [7, 11) is 0. The van der Waals surface area contributed by atoms with Crippen LogP contribution in [0.1, 0.15) is 38.1 Å². The van der Waals surface area contributed by atoms with Crippen molar-refractivity contribution < 1.29 is 4.79 Å². The molecular weight excluding hydrogens is 224 g/mol. The number of carbonyl (C=O) groups is 1. The number of benzene rings is 1. The number of para-hydroxylation sites is 1. The third kappa shape index (κ3) is 2.13. The van der Waals surface area contributed by atoms with Gasteiger partial charge < -0.3 is 9.88 Å². The highest BCUT2D eigenvalue weighted by Gasteiger charge is 2.23. The number of aromatic nitrogens is 1. The Kier molecular flexibility index (Phi) is 3.41. The van der Waals surface area contributed by atoms with Gasteiger partial charge in [0.2, 0.25) is 0 Å². The van der Waals surface area contributed by atoms with Crippen LogP contribution in [-0.2, 0) is 0 Å². The van der Waals surface area contributed by atoms with Gasteiger partial charge in [0.25, 0.3) is 5.91 Å². The van der Waals surface area contributed by atoms with Crippen LogP contribution >= 0.6 is 0 Å². The van der Waals surface area contributed by atoms with Gasteiger partial charge in [-0.05, 0) is 33.8 Å². The molecule has 0 saturated carbocycles. The zero-order chi connectivity index (χ0) is 13.3. The van der Waals surface area contributed by atoms with Crippen LogP contribution in [0.25, 0.3) is 10.9 Å². The standard InChI is InChI=1S/C15H20N2O/c1-10(2)17(11(3)4)15(18)13-9-16-14-8-6-5-7-12(13)14/h5-11,16H,1-4H3. The minimum Gasteiger partial charge on any atom is -0.360 e. The Balaban J connectivity index is 2.44. The molecule has 0 radical (unpaired) electrons. The number of rotatable bonds is 3. The maximum Gasteiger partial charge on any atom is 0.256 e. The molecule has 0 unspecified atom stereocenters. The van der Waals surface area contributed by atoms with Crippen LogP contribution in [0.3, 0.4) is 0 Å². The number of nitrogens with one attached hydrogen (secondary N) is 1. The molecule has 0 aliphatic rings. The lowest BCUT2D eigenvalue weighted by Crippen LogP contribution is -2.41. The predicted octanol–water partition coefficient (Wildman–Crippen LogP) is 3.43. The van der Waals surface area contributed by atoms with Gasteiger partial charge in [-0.1, -0.05) is 18.2 Å². The van der Waals surface area contributed by atoms with Crippen molar-refractivity contribution >= 4 is 16.8 Å². The Hall–Kier alpha value is -1.77. The first-order valence-corrected chi connectivity index (χ1v) is 6.41. The van der Waals surface area contributed by atoms with E-state index in [1.807, 2.05) is 63.1 Å². The molecule has 96 valence electrons. The number of nitrogens with zero attached hydrogens (tertiary/aromatic N) is 1. The quantitative estimate of drug-likeness (QED) is 0.882. The second-order valence-corrected chi connectivity index (χ2v) is 5.15. The average Bonchev–Trinajstić information content (AvgIpc) is 2.71. The van der Waals surface area contributed by atoms with Crippen molar-refractivity contribution in [1.29, 1.82) is 0 Å². The third-order valence-corrected chi connectivity index (χ3v) is 3.17. The number of hydrogen-bond acceptors (Lipinski definition) is 1. The Morgan fingerprint density at radius 3 is 2.33 bits per heavy atom. The van der Waals surface area contributed by atoms with E-state index in [2.05, 4.69) is 4.98 Å². The molecule has 18 heavy (non-hydrogen) atoms. The molecule has 1 aromatic heterocycles. The molecule has 0 bridgehead atoms. The van der Waals surface area contributed by atoms with Crippen molar-refractivity contribution in [3.05, 3.63) is 36.0 Å². The van der Waals surface area contributed by atoms with Gasteiger partial charge in [0.1, 0.15) is 0 Å². The number of fused-ring (bicyclic) bond motifs is 1. The average molecular weight is 244 g/mol. The molecule has 1 N–H and O–H groups in total. The summed E-state index contributed by atoms with van der Waals surface area (Å²) in [6.45, 7) is 8.19. The Morgan fingerprint density at radius 1 is 1.11 bits per heavy atom. The molecule has 1 amide bonds. The SMILES string of the molecule is CC(C)N(C(=O)c1c[nH]c2ccccc12)C(C)C. The number of aromatic amines is 1. The summed E-state index contributed by atoms with van der Waals surface area (Å²) in [6, 6.07) is 8.30. The molecule has 2 aromatic rings. The van der Waals surface area contributed by atoms with Crippen molar-refractivity contribution in [3.8, 4) is 0 Å². The normalized spacial score (nSPS) is 11.4. The first kappa shape index (κ1) is 12.7. The van der Waals surface area contributed by atoms with E-state index in [0.717, 1.165) is 16.5 Å². The van der Waals surface area contributed by atoms with Gasteiger partial charge >= 0.3 is 0 Å². The molecule has 1 heterocycles. The number of carbonyl (C=O) groups excluding carboxylic acids is 1. The third-order valence-electron chi connectivity index (χ3n) is 3.17. The van der Waals surface area contributed by atoms with Crippen molar-refractivity contribution in [2.75, 3.05) is 0 Å². The van der Waals surface area contributed by atoms with Gasteiger partial charge in [0, 0.05) is 29.2 Å². The molecule has 0 spiro atoms. The molecule has 0 atom stereocenters. The first-order chi connectivity index (χ1) is 8.52. The van der Waals surface area contributed by atoms with Crippen LogP contribution in [0, 0.1) is 0 Å². The smallest absolute Gasteiger partial charge is 0.256 e. The molecule has 3 heteroatoms. The summed E-state index contributed by atoms with van der Waals surface area (Å²) < 4.78 is 0. The summed E-state index contributed by atoms with van der Waals surface area (Å²) >= 11 is 0. The van der Waals surface area contributed by atoms with Crippen LogP contribution in [0.15, 0.2) is 30.5 Å². The van der Waals surface area contributed by atoms with Gasteiger partial charge in [-0.3, -0.25) is 4.79 Å². The largest absolute Gasteiger partial charge is 0.360 e. The summed E-state index contributed by atoms with van der Waals surface area (Å²) in [6.07, 6.45) is 1.81. The number of hydrogen-bond donors (Lipinski definition) is 1. The minimum atomic E-state index is 0.0949. The Labute approximate surface area is 108 Å². The number of amides is 1. The second-order valence-electron chi connectivity index (χ2n) is 5.15. The molecule has 0 fully saturated rings. The van der Waals surface area contributed by atoms with Gasteiger partial charge in [-0.25, -0.2) is 0 Å². The van der Waals surface area contributed by atoms with Gasteiger partial charge in [-0.15, -0.1) is 0 Å². The number of H-pyrrole nitrogens is 1. The van der Waals surface area contributed by atoms with Gasteiger partial charge in [0.15, 0.2) is 0 Å². The monoisotopic (exact) mass is 244 g/mol. The van der Waals surface area contributed by atoms with E-state index in [1.165, 1.54) is 0 Å². The molecule has 3 nitrogen and oxygen atoms in total. The van der Waals surface area contributed by atoms with E-state index >= 15 is 0 Å². The Bertz CT molecular complexity index is 546. The highest BCUT2D eigenvalue weighted by molar-refractivity contribution is 6.06. The van der Waals surface area contributed by atoms with Crippen molar-refractivity contribution in [1.82, 2.24) is 9.88 Å². The van der Waals surface area contributed by atoms with E-state index in [1.54, 1.807) is 0 Å². The second kappa shape index (κ2) is 4.84. The van der Waals surface area contributed by atoms with Gasteiger partial charge in [-0.2, -0.15) is 0 Å². The fourth-order valence-electron chi connectivity index (χ4n) is 2.45. The predicted molar refractivity (Wildman–Crippen MR) is 74.7 cm³/mol. The van der Waals surface area contributed by atoms with Crippen LogP contribution in [0.4, 0.5) is 0 Å². The van der Waals surface area contributed by atoms with E-state index in [-0.39, 0.29) is 18.0 Å². The maximum atomic E-state index is 12.6. The van der Waals surface area contributed by atoms with Crippen molar-refractivity contribution in [2.45, 2.75) is 39.8 Å². The molecule has 2 rings (SSSR count). The zero-order valence-corrected chi connectivity index (χ0v) is 11.4. The van der Waals surface area contributed by atoms with Crippen LogP contribution in [0.2, 0.25) is 0 Å². The molecule has 0 saturated heterocycles. The highest BCUT2D eigenvalue weighted by atomic mass is 16.2. The summed E-state index contributed by atoms with van der Waals surface area (Å²) in [5.74, 6) is 0.0949. The van der Waals surface area contributed by atoms with Crippen molar-refractivity contribution in [3.63, 3.8) is 0 Å².